The molecule has 88 valence electrons. The van der Waals surface area contributed by atoms with Crippen LogP contribution in [0, 0.1) is 0 Å². The van der Waals surface area contributed by atoms with Gasteiger partial charge >= 0.3 is 5.97 Å². The van der Waals surface area contributed by atoms with E-state index < -0.39 is 5.97 Å². The number of fused-ring (bicyclic) bond motifs is 1. The number of rotatable bonds is 2. The van der Waals surface area contributed by atoms with Crippen molar-refractivity contribution in [3.8, 4) is 11.3 Å². The van der Waals surface area contributed by atoms with Crippen LogP contribution in [0.5, 0.6) is 0 Å². The lowest BCUT2D eigenvalue weighted by molar-refractivity contribution is 0.0690. The number of nitrogens with zero attached hydrogens (tertiary/aromatic N) is 2. The highest BCUT2D eigenvalue weighted by Crippen LogP contribution is 2.25. The van der Waals surface area contributed by atoms with Crippen LogP contribution in [0.2, 0.25) is 0 Å². The Morgan fingerprint density at radius 2 is 2.11 bits per heavy atom. The van der Waals surface area contributed by atoms with Crippen molar-refractivity contribution in [1.29, 1.82) is 0 Å². The van der Waals surface area contributed by atoms with Crippen molar-refractivity contribution >= 4 is 17.0 Å². The molecule has 18 heavy (non-hydrogen) atoms. The third kappa shape index (κ3) is 1.62. The Bertz CT molecular complexity index is 734. The summed E-state index contributed by atoms with van der Waals surface area (Å²) < 4.78 is 0. The van der Waals surface area contributed by atoms with Gasteiger partial charge in [-0.3, -0.25) is 0 Å². The van der Waals surface area contributed by atoms with E-state index >= 15 is 0 Å². The number of carboxylic acids is 1. The van der Waals surface area contributed by atoms with Gasteiger partial charge in [-0.2, -0.15) is 0 Å². The van der Waals surface area contributed by atoms with Crippen molar-refractivity contribution < 1.29 is 9.90 Å². The number of hydrogen-bond donors (Lipinski definition) is 2. The summed E-state index contributed by atoms with van der Waals surface area (Å²) in [4.78, 5) is 22.2. The molecule has 3 rings (SSSR count). The third-order valence-electron chi connectivity index (χ3n) is 2.70. The average Bonchev–Trinajstić information content (AvgIpc) is 2.87. The van der Waals surface area contributed by atoms with E-state index in [1.807, 2.05) is 12.1 Å². The van der Waals surface area contributed by atoms with E-state index in [2.05, 4.69) is 15.0 Å². The minimum atomic E-state index is -1.03. The fraction of sp³-hybridized carbons (Fsp3) is 0. The highest BCUT2D eigenvalue weighted by molar-refractivity contribution is 5.93. The van der Waals surface area contributed by atoms with Gasteiger partial charge in [-0.25, -0.2) is 14.8 Å². The number of hydrogen-bond acceptors (Lipinski definition) is 3. The van der Waals surface area contributed by atoms with Crippen molar-refractivity contribution in [2.75, 3.05) is 0 Å². The van der Waals surface area contributed by atoms with Crippen molar-refractivity contribution in [2.45, 2.75) is 0 Å². The minimum absolute atomic E-state index is 0.0352. The van der Waals surface area contributed by atoms with Gasteiger partial charge < -0.3 is 10.1 Å². The number of carboxylic acid groups (broad SMARTS) is 1. The first-order chi connectivity index (χ1) is 8.75. The monoisotopic (exact) mass is 239 g/mol. The van der Waals surface area contributed by atoms with Gasteiger partial charge in [-0.15, -0.1) is 0 Å². The van der Waals surface area contributed by atoms with Crippen LogP contribution in [0.1, 0.15) is 10.5 Å². The normalized spacial score (nSPS) is 10.7. The number of H-pyrrole nitrogens is 1. The van der Waals surface area contributed by atoms with Crippen LogP contribution < -0.4 is 0 Å². The van der Waals surface area contributed by atoms with E-state index in [1.54, 1.807) is 24.5 Å². The van der Waals surface area contributed by atoms with Crippen molar-refractivity contribution in [1.82, 2.24) is 15.0 Å². The van der Waals surface area contributed by atoms with E-state index in [0.29, 0.717) is 5.69 Å². The van der Waals surface area contributed by atoms with Crippen LogP contribution in [-0.2, 0) is 0 Å². The van der Waals surface area contributed by atoms with Gasteiger partial charge in [0.25, 0.3) is 0 Å². The molecule has 0 amide bonds. The van der Waals surface area contributed by atoms with E-state index in [4.69, 9.17) is 5.11 Å². The fourth-order valence-electron chi connectivity index (χ4n) is 1.89. The minimum Gasteiger partial charge on any atom is -0.477 e. The van der Waals surface area contributed by atoms with Gasteiger partial charge in [-0.1, -0.05) is 6.07 Å². The number of carbonyl (C=O) groups is 1. The summed E-state index contributed by atoms with van der Waals surface area (Å²) in [5.74, 6) is -1.03. The van der Waals surface area contributed by atoms with Crippen LogP contribution in [0.4, 0.5) is 0 Å². The molecule has 5 heteroatoms. The predicted molar refractivity (Wildman–Crippen MR) is 66.3 cm³/mol. The number of aromatic nitrogens is 3. The average molecular weight is 239 g/mol. The maximum atomic E-state index is 10.9. The molecule has 0 atom stereocenters. The number of aromatic carboxylic acids is 1. The Morgan fingerprint density at radius 3 is 2.94 bits per heavy atom. The first-order valence-corrected chi connectivity index (χ1v) is 5.38. The number of pyridine rings is 2. The molecule has 3 heterocycles. The van der Waals surface area contributed by atoms with E-state index in [1.165, 1.54) is 6.07 Å². The Hall–Kier alpha value is -2.69. The summed E-state index contributed by atoms with van der Waals surface area (Å²) in [5, 5.41) is 9.87. The van der Waals surface area contributed by atoms with Crippen LogP contribution in [-0.4, -0.2) is 26.0 Å². The summed E-state index contributed by atoms with van der Waals surface area (Å²) in [7, 11) is 0. The Kier molecular flexibility index (Phi) is 2.30. The summed E-state index contributed by atoms with van der Waals surface area (Å²) in [6.07, 6.45) is 3.46. The summed E-state index contributed by atoms with van der Waals surface area (Å²) in [5.41, 5.74) is 2.29. The molecule has 3 aromatic heterocycles. The third-order valence-corrected chi connectivity index (χ3v) is 2.70. The van der Waals surface area contributed by atoms with Crippen molar-refractivity contribution in [2.24, 2.45) is 0 Å². The summed E-state index contributed by atoms with van der Waals surface area (Å²) in [6, 6.07) is 8.66. The maximum absolute atomic E-state index is 10.9. The molecule has 0 saturated heterocycles. The van der Waals surface area contributed by atoms with Gasteiger partial charge in [0.05, 0.1) is 5.69 Å². The van der Waals surface area contributed by atoms with Gasteiger partial charge in [0, 0.05) is 23.3 Å². The molecule has 0 aliphatic rings. The molecular weight excluding hydrogens is 230 g/mol. The van der Waals surface area contributed by atoms with Crippen LogP contribution in [0.3, 0.4) is 0 Å². The molecule has 0 unspecified atom stereocenters. The second-order valence-electron chi connectivity index (χ2n) is 3.81. The lowest BCUT2D eigenvalue weighted by Crippen LogP contribution is -2.00. The first kappa shape index (κ1) is 10.5. The molecule has 0 fully saturated rings. The lowest BCUT2D eigenvalue weighted by Gasteiger charge is -2.03. The molecule has 0 aliphatic carbocycles. The molecule has 2 N–H and O–H groups in total. The molecule has 0 spiro atoms. The quantitative estimate of drug-likeness (QED) is 0.719. The SMILES string of the molecule is O=C(O)c1cccc(-c2ccnc3[nH]ccc23)n1. The zero-order valence-corrected chi connectivity index (χ0v) is 9.29. The highest BCUT2D eigenvalue weighted by atomic mass is 16.4. The lowest BCUT2D eigenvalue weighted by atomic mass is 10.1. The Labute approximate surface area is 102 Å². The standard InChI is InChI=1S/C13H9N3O2/c17-13(18)11-3-1-2-10(16-11)8-4-6-14-12-9(8)5-7-15-12/h1-7H,(H,14,15)(H,17,18). The van der Waals surface area contributed by atoms with Crippen LogP contribution in [0.25, 0.3) is 22.3 Å². The van der Waals surface area contributed by atoms with Gasteiger partial charge in [0.15, 0.2) is 0 Å². The smallest absolute Gasteiger partial charge is 0.354 e. The molecule has 0 saturated carbocycles. The summed E-state index contributed by atoms with van der Waals surface area (Å²) in [6.45, 7) is 0. The largest absolute Gasteiger partial charge is 0.477 e. The molecule has 5 nitrogen and oxygen atoms in total. The topological polar surface area (TPSA) is 78.9 Å². The van der Waals surface area contributed by atoms with E-state index in [0.717, 1.165) is 16.6 Å². The van der Waals surface area contributed by atoms with Gasteiger partial charge in [0.2, 0.25) is 0 Å². The summed E-state index contributed by atoms with van der Waals surface area (Å²) >= 11 is 0. The molecular formula is C13H9N3O2. The number of aromatic amines is 1. The molecule has 0 bridgehead atoms. The molecule has 0 aromatic carbocycles. The van der Waals surface area contributed by atoms with Crippen molar-refractivity contribution in [3.63, 3.8) is 0 Å². The highest BCUT2D eigenvalue weighted by Gasteiger charge is 2.09. The maximum Gasteiger partial charge on any atom is 0.354 e. The Balaban J connectivity index is 2.23. The molecule has 0 aliphatic heterocycles. The van der Waals surface area contributed by atoms with E-state index in [-0.39, 0.29) is 5.69 Å². The zero-order valence-electron chi connectivity index (χ0n) is 9.29. The van der Waals surface area contributed by atoms with Crippen LogP contribution in [0.15, 0.2) is 42.7 Å². The second-order valence-corrected chi connectivity index (χ2v) is 3.81. The van der Waals surface area contributed by atoms with Crippen LogP contribution >= 0.6 is 0 Å². The first-order valence-electron chi connectivity index (χ1n) is 5.38. The molecule has 0 radical (unpaired) electrons. The predicted octanol–water partition coefficient (Wildman–Crippen LogP) is 2.32. The van der Waals surface area contributed by atoms with Gasteiger partial charge in [0.1, 0.15) is 11.3 Å². The van der Waals surface area contributed by atoms with Crippen molar-refractivity contribution in [3.05, 3.63) is 48.4 Å². The van der Waals surface area contributed by atoms with Gasteiger partial charge in [-0.05, 0) is 24.3 Å². The molecule has 3 aromatic rings. The zero-order chi connectivity index (χ0) is 12.5. The van der Waals surface area contributed by atoms with E-state index in [9.17, 15) is 4.79 Å². The number of nitrogens with one attached hydrogen (secondary N) is 1. The Morgan fingerprint density at radius 1 is 1.22 bits per heavy atom. The second kappa shape index (κ2) is 3.96. The fourth-order valence-corrected chi connectivity index (χ4v) is 1.89.